The summed E-state index contributed by atoms with van der Waals surface area (Å²) in [7, 11) is 0. The SMILES string of the molecule is Cc1ccc(N2C[C@@H](C(=O)NNc3ccc(OCc4ccccc4Cl)c(Cl)c3)CC2=O)cc1C. The van der Waals surface area contributed by atoms with E-state index in [9.17, 15) is 9.59 Å². The second-order valence-electron chi connectivity index (χ2n) is 8.31. The maximum atomic E-state index is 12.7. The average molecular weight is 498 g/mol. The molecule has 0 saturated carbocycles. The maximum Gasteiger partial charge on any atom is 0.243 e. The molecule has 4 rings (SSSR count). The van der Waals surface area contributed by atoms with Crippen LogP contribution in [0.5, 0.6) is 5.75 Å². The van der Waals surface area contributed by atoms with Crippen LogP contribution < -0.4 is 20.5 Å². The summed E-state index contributed by atoms with van der Waals surface area (Å²) in [6, 6.07) is 18.4. The van der Waals surface area contributed by atoms with Crippen LogP contribution in [-0.4, -0.2) is 18.4 Å². The Bertz CT molecular complexity index is 1230. The number of hydrogen-bond donors (Lipinski definition) is 2. The van der Waals surface area contributed by atoms with Gasteiger partial charge in [-0.1, -0.05) is 47.5 Å². The number of halogens is 2. The number of carbonyl (C=O) groups excluding carboxylic acids is 2. The van der Waals surface area contributed by atoms with Crippen molar-refractivity contribution in [2.75, 3.05) is 16.9 Å². The first-order valence-corrected chi connectivity index (χ1v) is 11.7. The first-order valence-electron chi connectivity index (χ1n) is 10.9. The summed E-state index contributed by atoms with van der Waals surface area (Å²) < 4.78 is 5.77. The first kappa shape index (κ1) is 23.9. The molecule has 6 nitrogen and oxygen atoms in total. The summed E-state index contributed by atoms with van der Waals surface area (Å²) >= 11 is 12.5. The minimum Gasteiger partial charge on any atom is -0.487 e. The number of amides is 2. The van der Waals surface area contributed by atoms with E-state index in [1.165, 1.54) is 0 Å². The quantitative estimate of drug-likeness (QED) is 0.411. The van der Waals surface area contributed by atoms with E-state index < -0.39 is 5.92 Å². The molecule has 2 amide bonds. The van der Waals surface area contributed by atoms with Crippen molar-refractivity contribution in [2.24, 2.45) is 5.92 Å². The predicted octanol–water partition coefficient (Wildman–Crippen LogP) is 5.69. The van der Waals surface area contributed by atoms with Crippen molar-refractivity contribution >= 4 is 46.4 Å². The zero-order chi connectivity index (χ0) is 24.2. The second kappa shape index (κ2) is 10.4. The molecule has 1 atom stereocenters. The van der Waals surface area contributed by atoms with Crippen LogP contribution in [0.15, 0.2) is 60.7 Å². The smallest absolute Gasteiger partial charge is 0.243 e. The molecule has 1 heterocycles. The number of nitrogens with one attached hydrogen (secondary N) is 2. The summed E-state index contributed by atoms with van der Waals surface area (Å²) in [5, 5.41) is 1.02. The monoisotopic (exact) mass is 497 g/mol. The van der Waals surface area contributed by atoms with Crippen molar-refractivity contribution in [1.29, 1.82) is 0 Å². The van der Waals surface area contributed by atoms with Gasteiger partial charge in [-0.3, -0.25) is 20.4 Å². The van der Waals surface area contributed by atoms with E-state index in [4.69, 9.17) is 27.9 Å². The fourth-order valence-electron chi connectivity index (χ4n) is 3.73. The highest BCUT2D eigenvalue weighted by molar-refractivity contribution is 6.32. The lowest BCUT2D eigenvalue weighted by molar-refractivity contribution is -0.125. The fraction of sp³-hybridized carbons (Fsp3) is 0.231. The molecule has 2 N–H and O–H groups in total. The Labute approximate surface area is 208 Å². The third-order valence-electron chi connectivity index (χ3n) is 5.90. The van der Waals surface area contributed by atoms with Crippen LogP contribution in [0, 0.1) is 19.8 Å². The molecule has 0 bridgehead atoms. The van der Waals surface area contributed by atoms with Gasteiger partial charge in [0.05, 0.1) is 16.6 Å². The molecule has 1 aliphatic heterocycles. The third kappa shape index (κ3) is 5.46. The normalized spacial score (nSPS) is 15.4. The molecule has 34 heavy (non-hydrogen) atoms. The van der Waals surface area contributed by atoms with Crippen molar-refractivity contribution < 1.29 is 14.3 Å². The number of anilines is 2. The molecule has 3 aromatic rings. The maximum absolute atomic E-state index is 12.7. The summed E-state index contributed by atoms with van der Waals surface area (Å²) in [4.78, 5) is 26.9. The molecule has 0 spiro atoms. The van der Waals surface area contributed by atoms with Gasteiger partial charge in [0.2, 0.25) is 11.8 Å². The van der Waals surface area contributed by atoms with Gasteiger partial charge in [-0.25, -0.2) is 0 Å². The summed E-state index contributed by atoms with van der Waals surface area (Å²) in [6.07, 6.45) is 0.163. The molecule has 0 unspecified atom stereocenters. The fourth-order valence-corrected chi connectivity index (χ4v) is 4.15. The number of rotatable bonds is 7. The van der Waals surface area contributed by atoms with E-state index >= 15 is 0 Å². The highest BCUT2D eigenvalue weighted by atomic mass is 35.5. The van der Waals surface area contributed by atoms with Gasteiger partial charge in [0.25, 0.3) is 0 Å². The second-order valence-corrected chi connectivity index (χ2v) is 9.13. The topological polar surface area (TPSA) is 70.7 Å². The number of carbonyl (C=O) groups is 2. The number of benzene rings is 3. The van der Waals surface area contributed by atoms with Crippen molar-refractivity contribution in [3.8, 4) is 5.75 Å². The third-order valence-corrected chi connectivity index (χ3v) is 6.57. The van der Waals surface area contributed by atoms with Gasteiger partial charge in [0, 0.05) is 29.2 Å². The van der Waals surface area contributed by atoms with E-state index in [1.54, 1.807) is 29.2 Å². The summed E-state index contributed by atoms with van der Waals surface area (Å²) in [6.45, 7) is 4.66. The van der Waals surface area contributed by atoms with Crippen LogP contribution in [0.3, 0.4) is 0 Å². The van der Waals surface area contributed by atoms with Crippen molar-refractivity contribution in [2.45, 2.75) is 26.9 Å². The van der Waals surface area contributed by atoms with Crippen LogP contribution in [0.4, 0.5) is 11.4 Å². The van der Waals surface area contributed by atoms with Crippen molar-refractivity contribution in [3.63, 3.8) is 0 Å². The lowest BCUT2D eigenvalue weighted by atomic mass is 10.1. The Hall–Kier alpha value is -3.22. The minimum atomic E-state index is -0.449. The van der Waals surface area contributed by atoms with Crippen molar-refractivity contribution in [1.82, 2.24) is 5.43 Å². The predicted molar refractivity (Wildman–Crippen MR) is 135 cm³/mol. The van der Waals surface area contributed by atoms with Gasteiger partial charge < -0.3 is 9.64 Å². The molecule has 0 aliphatic carbocycles. The number of aryl methyl sites for hydroxylation is 2. The molecule has 3 aromatic carbocycles. The van der Waals surface area contributed by atoms with Crippen LogP contribution in [0.1, 0.15) is 23.1 Å². The lowest BCUT2D eigenvalue weighted by Gasteiger charge is -2.18. The van der Waals surface area contributed by atoms with E-state index in [0.717, 1.165) is 22.4 Å². The average Bonchev–Trinajstić information content (AvgIpc) is 3.21. The van der Waals surface area contributed by atoms with E-state index in [1.807, 2.05) is 50.2 Å². The van der Waals surface area contributed by atoms with Crippen LogP contribution in [-0.2, 0) is 16.2 Å². The van der Waals surface area contributed by atoms with Gasteiger partial charge in [0.15, 0.2) is 0 Å². The molecule has 1 aliphatic rings. The number of ether oxygens (including phenoxy) is 1. The number of hydrogen-bond acceptors (Lipinski definition) is 4. The minimum absolute atomic E-state index is 0.0635. The van der Waals surface area contributed by atoms with Gasteiger partial charge in [-0.15, -0.1) is 0 Å². The van der Waals surface area contributed by atoms with Gasteiger partial charge in [-0.05, 0) is 61.4 Å². The number of nitrogens with zero attached hydrogens (tertiary/aromatic N) is 1. The van der Waals surface area contributed by atoms with Crippen molar-refractivity contribution in [3.05, 3.63) is 87.4 Å². The van der Waals surface area contributed by atoms with Crippen LogP contribution in [0.2, 0.25) is 10.0 Å². The molecular weight excluding hydrogens is 473 g/mol. The highest BCUT2D eigenvalue weighted by Gasteiger charge is 2.35. The highest BCUT2D eigenvalue weighted by Crippen LogP contribution is 2.30. The molecule has 0 aromatic heterocycles. The van der Waals surface area contributed by atoms with Crippen LogP contribution >= 0.6 is 23.2 Å². The standard InChI is InChI=1S/C26H25Cl2N3O3/c1-16-7-9-21(11-17(16)2)31-14-19(12-25(31)32)26(33)30-29-20-8-10-24(23(28)13-20)34-15-18-5-3-4-6-22(18)27/h3-11,13,19,29H,12,14-15H2,1-2H3,(H,30,33)/t19-/m0/s1. The van der Waals surface area contributed by atoms with E-state index in [0.29, 0.717) is 28.0 Å². The Morgan fingerprint density at radius 1 is 1.03 bits per heavy atom. The largest absolute Gasteiger partial charge is 0.487 e. The zero-order valence-corrected chi connectivity index (χ0v) is 20.4. The van der Waals surface area contributed by atoms with E-state index in [2.05, 4.69) is 10.9 Å². The molecule has 0 radical (unpaired) electrons. The number of hydrazine groups is 1. The zero-order valence-electron chi connectivity index (χ0n) is 18.9. The lowest BCUT2D eigenvalue weighted by Crippen LogP contribution is -2.36. The first-order chi connectivity index (χ1) is 16.3. The molecular formula is C26H25Cl2N3O3. The molecule has 1 saturated heterocycles. The van der Waals surface area contributed by atoms with Gasteiger partial charge in [-0.2, -0.15) is 0 Å². The summed E-state index contributed by atoms with van der Waals surface area (Å²) in [5.41, 5.74) is 10.1. The van der Waals surface area contributed by atoms with E-state index in [-0.39, 0.29) is 24.8 Å². The summed E-state index contributed by atoms with van der Waals surface area (Å²) in [5.74, 6) is -0.263. The Morgan fingerprint density at radius 3 is 2.56 bits per heavy atom. The Kier molecular flexibility index (Phi) is 7.29. The Morgan fingerprint density at radius 2 is 1.82 bits per heavy atom. The molecule has 176 valence electrons. The molecule has 8 heteroatoms. The Balaban J connectivity index is 1.32. The molecule has 1 fully saturated rings. The van der Waals surface area contributed by atoms with Gasteiger partial charge >= 0.3 is 0 Å². The van der Waals surface area contributed by atoms with Crippen LogP contribution in [0.25, 0.3) is 0 Å². The van der Waals surface area contributed by atoms with Gasteiger partial charge in [0.1, 0.15) is 12.4 Å².